The van der Waals surface area contributed by atoms with Gasteiger partial charge < -0.3 is 5.11 Å². The van der Waals surface area contributed by atoms with Gasteiger partial charge in [0.2, 0.25) is 0 Å². The van der Waals surface area contributed by atoms with Crippen LogP contribution in [0.1, 0.15) is 37.3 Å². The lowest BCUT2D eigenvalue weighted by atomic mass is 9.76. The largest absolute Gasteiger partial charge is 0.481 e. The number of piperidine rings is 1. The average Bonchev–Trinajstić information content (AvgIpc) is 2.42. The number of carboxylic acid groups (broad SMARTS) is 1. The molecule has 0 unspecified atom stereocenters. The van der Waals surface area contributed by atoms with Crippen molar-refractivity contribution in [3.63, 3.8) is 0 Å². The predicted octanol–water partition coefficient (Wildman–Crippen LogP) is 3.21. The van der Waals surface area contributed by atoms with Gasteiger partial charge >= 0.3 is 5.97 Å². The summed E-state index contributed by atoms with van der Waals surface area (Å²) in [7, 11) is 0. The van der Waals surface area contributed by atoms with E-state index in [9.17, 15) is 14.3 Å². The summed E-state index contributed by atoms with van der Waals surface area (Å²) in [4.78, 5) is 13.7. The first-order valence-corrected chi connectivity index (χ1v) is 7.17. The van der Waals surface area contributed by atoms with Crippen LogP contribution in [0.25, 0.3) is 0 Å². The molecule has 1 N–H and O–H groups in total. The third kappa shape index (κ3) is 3.01. The van der Waals surface area contributed by atoms with Gasteiger partial charge in [-0.25, -0.2) is 4.39 Å². The summed E-state index contributed by atoms with van der Waals surface area (Å²) in [5, 5.41) is 9.38. The highest BCUT2D eigenvalue weighted by Crippen LogP contribution is 2.35. The number of likely N-dealkylation sites (tertiary alicyclic amines) is 1. The minimum Gasteiger partial charge on any atom is -0.481 e. The van der Waals surface area contributed by atoms with Crippen LogP contribution < -0.4 is 0 Å². The summed E-state index contributed by atoms with van der Waals surface area (Å²) in [6.45, 7) is 6.21. The molecular formula is C16H22FNO2. The maximum Gasteiger partial charge on any atom is 0.309 e. The Hall–Kier alpha value is -1.42. The van der Waals surface area contributed by atoms with Gasteiger partial charge in [0.05, 0.1) is 5.41 Å². The van der Waals surface area contributed by atoms with E-state index in [2.05, 4.69) is 4.90 Å². The molecule has 0 radical (unpaired) electrons. The summed E-state index contributed by atoms with van der Waals surface area (Å²) in [6, 6.07) is 4.86. The standard InChI is InChI=1S/C16H22FNO2/c1-3-16(15(19)20)6-8-18(9-7-16)11-13-4-5-14(17)10-12(13)2/h4-5,10H,3,6-9,11H2,1-2H3,(H,19,20). The van der Waals surface area contributed by atoms with Gasteiger partial charge in [0.1, 0.15) is 5.82 Å². The van der Waals surface area contributed by atoms with Gasteiger partial charge in [-0.15, -0.1) is 0 Å². The van der Waals surface area contributed by atoms with Crippen molar-refractivity contribution in [1.29, 1.82) is 0 Å². The van der Waals surface area contributed by atoms with Crippen LogP contribution in [0.5, 0.6) is 0 Å². The Morgan fingerprint density at radius 3 is 2.55 bits per heavy atom. The molecule has 1 aliphatic rings. The first-order chi connectivity index (χ1) is 9.47. The van der Waals surface area contributed by atoms with Crippen molar-refractivity contribution >= 4 is 5.97 Å². The number of hydrogen-bond acceptors (Lipinski definition) is 2. The average molecular weight is 279 g/mol. The first kappa shape index (κ1) is 15.0. The van der Waals surface area contributed by atoms with Gasteiger partial charge in [0.25, 0.3) is 0 Å². The topological polar surface area (TPSA) is 40.5 Å². The fourth-order valence-electron chi connectivity index (χ4n) is 2.94. The highest BCUT2D eigenvalue weighted by Gasteiger charge is 2.39. The number of nitrogens with zero attached hydrogens (tertiary/aromatic N) is 1. The van der Waals surface area contributed by atoms with Gasteiger partial charge in [-0.2, -0.15) is 0 Å². The Morgan fingerprint density at radius 2 is 2.05 bits per heavy atom. The Labute approximate surface area is 119 Å². The lowest BCUT2D eigenvalue weighted by molar-refractivity contribution is -0.152. The van der Waals surface area contributed by atoms with Crippen molar-refractivity contribution in [1.82, 2.24) is 4.90 Å². The van der Waals surface area contributed by atoms with Gasteiger partial charge in [-0.3, -0.25) is 9.69 Å². The zero-order chi connectivity index (χ0) is 14.8. The molecule has 1 fully saturated rings. The Morgan fingerprint density at radius 1 is 1.40 bits per heavy atom. The lowest BCUT2D eigenvalue weighted by Crippen LogP contribution is -2.43. The summed E-state index contributed by atoms with van der Waals surface area (Å²) in [5.41, 5.74) is 1.52. The fourth-order valence-corrected chi connectivity index (χ4v) is 2.94. The van der Waals surface area contributed by atoms with Gasteiger partial charge in [0.15, 0.2) is 0 Å². The summed E-state index contributed by atoms with van der Waals surface area (Å²) >= 11 is 0. The summed E-state index contributed by atoms with van der Waals surface area (Å²) in [6.07, 6.45) is 2.07. The molecule has 0 amide bonds. The van der Waals surface area contributed by atoms with Crippen LogP contribution in [0.2, 0.25) is 0 Å². The second-order valence-corrected chi connectivity index (χ2v) is 5.79. The maximum absolute atomic E-state index is 13.1. The molecule has 0 spiro atoms. The lowest BCUT2D eigenvalue weighted by Gasteiger charge is -2.38. The SMILES string of the molecule is CCC1(C(=O)O)CCN(Cc2ccc(F)cc2C)CC1. The second-order valence-electron chi connectivity index (χ2n) is 5.79. The van der Waals surface area contributed by atoms with E-state index in [1.165, 1.54) is 6.07 Å². The molecule has 110 valence electrons. The van der Waals surface area contributed by atoms with Crippen LogP contribution >= 0.6 is 0 Å². The van der Waals surface area contributed by atoms with Crippen LogP contribution in [0.3, 0.4) is 0 Å². The van der Waals surface area contributed by atoms with Gasteiger partial charge in [-0.1, -0.05) is 13.0 Å². The van der Waals surface area contributed by atoms with Crippen LogP contribution in [-0.4, -0.2) is 29.1 Å². The number of aryl methyl sites for hydroxylation is 1. The molecule has 2 rings (SSSR count). The molecular weight excluding hydrogens is 257 g/mol. The molecule has 4 heteroatoms. The van der Waals surface area contributed by atoms with E-state index in [4.69, 9.17) is 0 Å². The third-order valence-electron chi connectivity index (χ3n) is 4.64. The molecule has 0 aliphatic carbocycles. The monoisotopic (exact) mass is 279 g/mol. The number of benzene rings is 1. The molecule has 0 atom stereocenters. The van der Waals surface area contributed by atoms with Gasteiger partial charge in [0, 0.05) is 6.54 Å². The Kier molecular flexibility index (Phi) is 4.43. The Balaban J connectivity index is 1.99. The quantitative estimate of drug-likeness (QED) is 0.920. The van der Waals surface area contributed by atoms with E-state index in [0.717, 1.165) is 30.8 Å². The molecule has 1 aromatic carbocycles. The van der Waals surface area contributed by atoms with E-state index in [1.807, 2.05) is 19.9 Å². The first-order valence-electron chi connectivity index (χ1n) is 7.17. The van der Waals surface area contributed by atoms with E-state index in [1.54, 1.807) is 6.07 Å². The molecule has 1 aromatic rings. The fraction of sp³-hybridized carbons (Fsp3) is 0.562. The van der Waals surface area contributed by atoms with Crippen LogP contribution in [0.15, 0.2) is 18.2 Å². The molecule has 1 heterocycles. The zero-order valence-electron chi connectivity index (χ0n) is 12.2. The Bertz CT molecular complexity index is 493. The van der Waals surface area contributed by atoms with Crippen LogP contribution in [0.4, 0.5) is 4.39 Å². The number of carboxylic acids is 1. The van der Waals surface area contributed by atoms with E-state index in [0.29, 0.717) is 19.3 Å². The molecule has 0 aromatic heterocycles. The molecule has 3 nitrogen and oxygen atoms in total. The maximum atomic E-state index is 13.1. The van der Waals surface area contributed by atoms with Gasteiger partial charge in [-0.05, 0) is 62.5 Å². The highest BCUT2D eigenvalue weighted by molar-refractivity contribution is 5.74. The normalized spacial score (nSPS) is 18.9. The highest BCUT2D eigenvalue weighted by atomic mass is 19.1. The molecule has 1 saturated heterocycles. The number of hydrogen-bond donors (Lipinski definition) is 1. The summed E-state index contributed by atoms with van der Waals surface area (Å²) < 4.78 is 13.1. The van der Waals surface area contributed by atoms with Crippen molar-refractivity contribution in [2.24, 2.45) is 5.41 Å². The van der Waals surface area contributed by atoms with Crippen LogP contribution in [0, 0.1) is 18.2 Å². The van der Waals surface area contributed by atoms with Crippen molar-refractivity contribution in [2.75, 3.05) is 13.1 Å². The predicted molar refractivity (Wildman–Crippen MR) is 76.0 cm³/mol. The smallest absolute Gasteiger partial charge is 0.309 e. The molecule has 1 aliphatic heterocycles. The molecule has 0 saturated carbocycles. The third-order valence-corrected chi connectivity index (χ3v) is 4.64. The number of carbonyl (C=O) groups is 1. The summed E-state index contributed by atoms with van der Waals surface area (Å²) in [5.74, 6) is -0.876. The number of halogens is 1. The number of aliphatic carboxylic acids is 1. The van der Waals surface area contributed by atoms with Crippen molar-refractivity contribution in [3.8, 4) is 0 Å². The van der Waals surface area contributed by atoms with E-state index >= 15 is 0 Å². The number of rotatable bonds is 4. The van der Waals surface area contributed by atoms with Crippen LogP contribution in [-0.2, 0) is 11.3 Å². The van der Waals surface area contributed by atoms with Crippen molar-refractivity contribution < 1.29 is 14.3 Å². The van der Waals surface area contributed by atoms with E-state index in [-0.39, 0.29) is 5.82 Å². The minimum absolute atomic E-state index is 0.208. The van der Waals surface area contributed by atoms with Crippen molar-refractivity contribution in [2.45, 2.75) is 39.7 Å². The second kappa shape index (κ2) is 5.92. The molecule has 0 bridgehead atoms. The van der Waals surface area contributed by atoms with E-state index < -0.39 is 11.4 Å². The minimum atomic E-state index is -0.669. The molecule has 20 heavy (non-hydrogen) atoms. The van der Waals surface area contributed by atoms with Crippen molar-refractivity contribution in [3.05, 3.63) is 35.1 Å². The zero-order valence-corrected chi connectivity index (χ0v) is 12.2.